The van der Waals surface area contributed by atoms with Gasteiger partial charge in [0.1, 0.15) is 0 Å². The maximum atomic E-state index is 9.81. The fourth-order valence-corrected chi connectivity index (χ4v) is 4.18. The standard InChI is InChI=1S/C17H24ClN3O/c1-16(2)9-17(3,4)14-12(16)5-13-11(8-20-21-13)15(14)19-7-10(22)6-18/h5,8,10,19,22H,6-7,9H2,1-4H3,(H,20,21). The summed E-state index contributed by atoms with van der Waals surface area (Å²) in [5, 5.41) is 21.6. The van der Waals surface area contributed by atoms with Crippen molar-refractivity contribution in [2.24, 2.45) is 0 Å². The molecular formula is C17H24ClN3O. The van der Waals surface area contributed by atoms with E-state index in [1.165, 1.54) is 11.1 Å². The van der Waals surface area contributed by atoms with Crippen LogP contribution >= 0.6 is 11.6 Å². The third-order valence-electron chi connectivity index (χ3n) is 4.73. The first-order valence-electron chi connectivity index (χ1n) is 7.75. The van der Waals surface area contributed by atoms with E-state index in [2.05, 4.69) is 49.3 Å². The molecule has 0 amide bonds. The number of aromatic amines is 1. The molecule has 1 atom stereocenters. The van der Waals surface area contributed by atoms with Crippen LogP contribution in [0.2, 0.25) is 0 Å². The van der Waals surface area contributed by atoms with Crippen molar-refractivity contribution in [3.63, 3.8) is 0 Å². The summed E-state index contributed by atoms with van der Waals surface area (Å²) in [5.74, 6) is 0.228. The zero-order valence-corrected chi connectivity index (χ0v) is 14.4. The van der Waals surface area contributed by atoms with Crippen molar-refractivity contribution >= 4 is 28.2 Å². The number of rotatable bonds is 4. The molecule has 1 aliphatic carbocycles. The lowest BCUT2D eigenvalue weighted by atomic mass is 9.81. The molecule has 0 bridgehead atoms. The second kappa shape index (κ2) is 5.14. The first-order valence-corrected chi connectivity index (χ1v) is 8.28. The summed E-state index contributed by atoms with van der Waals surface area (Å²) in [5.41, 5.74) is 5.02. The molecule has 2 aromatic rings. The Kier molecular flexibility index (Phi) is 3.65. The Morgan fingerprint density at radius 1 is 1.36 bits per heavy atom. The van der Waals surface area contributed by atoms with Crippen LogP contribution in [0.3, 0.4) is 0 Å². The molecule has 0 aliphatic heterocycles. The summed E-state index contributed by atoms with van der Waals surface area (Å²) in [4.78, 5) is 0. The fourth-order valence-electron chi connectivity index (χ4n) is 4.07. The number of aliphatic hydroxyl groups is 1. The summed E-state index contributed by atoms with van der Waals surface area (Å²) in [6.07, 6.45) is 2.39. The van der Waals surface area contributed by atoms with Gasteiger partial charge in [0.25, 0.3) is 0 Å². The number of aromatic nitrogens is 2. The van der Waals surface area contributed by atoms with Gasteiger partial charge >= 0.3 is 0 Å². The maximum absolute atomic E-state index is 9.81. The number of halogens is 1. The Morgan fingerprint density at radius 3 is 2.77 bits per heavy atom. The largest absolute Gasteiger partial charge is 0.390 e. The average molecular weight is 322 g/mol. The Morgan fingerprint density at radius 2 is 2.09 bits per heavy atom. The van der Waals surface area contributed by atoms with Crippen LogP contribution in [0.4, 0.5) is 5.69 Å². The van der Waals surface area contributed by atoms with Crippen LogP contribution < -0.4 is 5.32 Å². The molecule has 5 heteroatoms. The van der Waals surface area contributed by atoms with Gasteiger partial charge in [-0.2, -0.15) is 5.10 Å². The van der Waals surface area contributed by atoms with E-state index in [-0.39, 0.29) is 16.7 Å². The summed E-state index contributed by atoms with van der Waals surface area (Å²) in [6.45, 7) is 9.60. The molecule has 0 radical (unpaired) electrons. The zero-order chi connectivity index (χ0) is 16.1. The van der Waals surface area contributed by atoms with Crippen LogP contribution in [-0.4, -0.2) is 33.8 Å². The second-order valence-electron chi connectivity index (χ2n) is 7.64. The number of benzene rings is 1. The average Bonchev–Trinajstić information content (AvgIpc) is 2.96. The minimum Gasteiger partial charge on any atom is -0.390 e. The summed E-state index contributed by atoms with van der Waals surface area (Å²) in [6, 6.07) is 2.23. The highest BCUT2D eigenvalue weighted by Gasteiger charge is 2.44. The highest BCUT2D eigenvalue weighted by molar-refractivity contribution is 6.18. The van der Waals surface area contributed by atoms with E-state index in [9.17, 15) is 5.11 Å². The first kappa shape index (κ1) is 15.6. The third kappa shape index (κ3) is 2.38. The van der Waals surface area contributed by atoms with Gasteiger partial charge in [0.05, 0.1) is 23.7 Å². The van der Waals surface area contributed by atoms with Crippen molar-refractivity contribution in [3.05, 3.63) is 23.4 Å². The van der Waals surface area contributed by atoms with E-state index in [0.717, 1.165) is 23.0 Å². The van der Waals surface area contributed by atoms with Gasteiger partial charge in [-0.25, -0.2) is 0 Å². The number of H-pyrrole nitrogens is 1. The van der Waals surface area contributed by atoms with E-state index in [0.29, 0.717) is 6.54 Å². The van der Waals surface area contributed by atoms with Crippen LogP contribution in [-0.2, 0) is 10.8 Å². The molecule has 120 valence electrons. The predicted molar refractivity (Wildman–Crippen MR) is 92.0 cm³/mol. The third-order valence-corrected chi connectivity index (χ3v) is 5.08. The van der Waals surface area contributed by atoms with Crippen molar-refractivity contribution in [3.8, 4) is 0 Å². The van der Waals surface area contributed by atoms with Gasteiger partial charge in [-0.15, -0.1) is 11.6 Å². The molecule has 0 saturated carbocycles. The summed E-state index contributed by atoms with van der Waals surface area (Å²) in [7, 11) is 0. The van der Waals surface area contributed by atoms with Crippen molar-refractivity contribution < 1.29 is 5.11 Å². The van der Waals surface area contributed by atoms with E-state index in [1.54, 1.807) is 0 Å². The lowest BCUT2D eigenvalue weighted by Gasteiger charge is -2.24. The Bertz CT molecular complexity index is 705. The highest BCUT2D eigenvalue weighted by Crippen LogP contribution is 2.53. The van der Waals surface area contributed by atoms with Crippen LogP contribution in [0.5, 0.6) is 0 Å². The van der Waals surface area contributed by atoms with Crippen molar-refractivity contribution in [2.75, 3.05) is 17.7 Å². The van der Waals surface area contributed by atoms with Gasteiger partial charge in [0.15, 0.2) is 0 Å². The lowest BCUT2D eigenvalue weighted by molar-refractivity contribution is 0.211. The molecule has 4 nitrogen and oxygen atoms in total. The number of hydrogen-bond donors (Lipinski definition) is 3. The topological polar surface area (TPSA) is 60.9 Å². The van der Waals surface area contributed by atoms with Gasteiger partial charge in [-0.05, 0) is 34.4 Å². The van der Waals surface area contributed by atoms with E-state index in [4.69, 9.17) is 11.6 Å². The number of hydrogen-bond acceptors (Lipinski definition) is 3. The molecule has 0 fully saturated rings. The zero-order valence-electron chi connectivity index (χ0n) is 13.6. The van der Waals surface area contributed by atoms with E-state index < -0.39 is 6.10 Å². The smallest absolute Gasteiger partial charge is 0.0847 e. The van der Waals surface area contributed by atoms with Gasteiger partial charge < -0.3 is 10.4 Å². The quantitative estimate of drug-likeness (QED) is 0.755. The molecule has 0 spiro atoms. The Labute approximate surface area is 136 Å². The highest BCUT2D eigenvalue weighted by atomic mass is 35.5. The minimum atomic E-state index is -0.558. The second-order valence-corrected chi connectivity index (χ2v) is 7.95. The predicted octanol–water partition coefficient (Wildman–Crippen LogP) is 3.53. The lowest BCUT2D eigenvalue weighted by Crippen LogP contribution is -2.23. The molecule has 1 aromatic heterocycles. The summed E-state index contributed by atoms with van der Waals surface area (Å²) < 4.78 is 0. The van der Waals surface area contributed by atoms with Crippen molar-refractivity contribution in [1.29, 1.82) is 0 Å². The SMILES string of the molecule is CC1(C)CC(C)(C)c2c1cc1[nH]ncc1c2NCC(O)CCl. The molecule has 3 N–H and O–H groups in total. The number of nitrogens with zero attached hydrogens (tertiary/aromatic N) is 1. The molecule has 1 unspecified atom stereocenters. The molecule has 3 rings (SSSR count). The van der Waals surface area contributed by atoms with E-state index in [1.807, 2.05) is 6.20 Å². The van der Waals surface area contributed by atoms with Gasteiger partial charge in [0.2, 0.25) is 0 Å². The monoisotopic (exact) mass is 321 g/mol. The molecule has 1 aliphatic rings. The minimum absolute atomic E-state index is 0.0819. The Balaban J connectivity index is 2.19. The number of aliphatic hydroxyl groups excluding tert-OH is 1. The van der Waals surface area contributed by atoms with Crippen LogP contribution in [0.25, 0.3) is 10.9 Å². The number of fused-ring (bicyclic) bond motifs is 2. The number of alkyl halides is 1. The van der Waals surface area contributed by atoms with Crippen LogP contribution in [0.15, 0.2) is 12.3 Å². The van der Waals surface area contributed by atoms with Crippen molar-refractivity contribution in [2.45, 2.75) is 51.0 Å². The fraction of sp³-hybridized carbons (Fsp3) is 0.588. The molecule has 0 saturated heterocycles. The van der Waals surface area contributed by atoms with Crippen molar-refractivity contribution in [1.82, 2.24) is 10.2 Å². The van der Waals surface area contributed by atoms with Gasteiger partial charge in [-0.1, -0.05) is 27.7 Å². The number of nitrogens with one attached hydrogen (secondary N) is 2. The van der Waals surface area contributed by atoms with Crippen LogP contribution in [0.1, 0.15) is 45.2 Å². The van der Waals surface area contributed by atoms with Gasteiger partial charge in [0, 0.05) is 17.6 Å². The van der Waals surface area contributed by atoms with Crippen LogP contribution in [0, 0.1) is 0 Å². The number of anilines is 1. The molecule has 22 heavy (non-hydrogen) atoms. The Hall–Kier alpha value is -1.26. The normalized spacial score (nSPS) is 20.1. The maximum Gasteiger partial charge on any atom is 0.0847 e. The summed E-state index contributed by atoms with van der Waals surface area (Å²) >= 11 is 5.73. The van der Waals surface area contributed by atoms with E-state index >= 15 is 0 Å². The molecule has 1 aromatic carbocycles. The molecule has 1 heterocycles. The van der Waals surface area contributed by atoms with Gasteiger partial charge in [-0.3, -0.25) is 5.10 Å². The first-order chi connectivity index (χ1) is 10.3. The molecular weight excluding hydrogens is 298 g/mol.